The first-order valence-corrected chi connectivity index (χ1v) is 6.71. The van der Waals surface area contributed by atoms with Crippen LogP contribution in [0.1, 0.15) is 24.8 Å². The number of rotatable bonds is 5. The number of halogens is 2. The van der Waals surface area contributed by atoms with Gasteiger partial charge in [-0.25, -0.2) is 0 Å². The van der Waals surface area contributed by atoms with Gasteiger partial charge < -0.3 is 10.6 Å². The van der Waals surface area contributed by atoms with E-state index in [1.54, 1.807) is 7.05 Å². The molecule has 1 amide bonds. The van der Waals surface area contributed by atoms with Crippen molar-refractivity contribution in [3.8, 4) is 0 Å². The molecule has 0 heterocycles. The summed E-state index contributed by atoms with van der Waals surface area (Å²) in [6.07, 6.45) is 3.49. The lowest BCUT2D eigenvalue weighted by molar-refractivity contribution is -0.120. The lowest BCUT2D eigenvalue weighted by Crippen LogP contribution is -2.47. The number of nitrogens with one attached hydrogen (secondary N) is 2. The van der Waals surface area contributed by atoms with Crippen molar-refractivity contribution in [3.63, 3.8) is 0 Å². The summed E-state index contributed by atoms with van der Waals surface area (Å²) in [5, 5.41) is 6.62. The molecule has 1 aliphatic carbocycles. The topological polar surface area (TPSA) is 41.1 Å². The third-order valence-electron chi connectivity index (χ3n) is 3.73. The van der Waals surface area contributed by atoms with E-state index in [1.165, 1.54) is 12.0 Å². The molecule has 2 N–H and O–H groups in total. The Bertz CT molecular complexity index is 416. The zero-order chi connectivity index (χ0) is 13.0. The molecule has 3 nitrogen and oxygen atoms in total. The fraction of sp³-hybridized carbons (Fsp3) is 0.500. The second-order valence-corrected chi connectivity index (χ2v) is 5.38. The van der Waals surface area contributed by atoms with E-state index in [0.29, 0.717) is 6.54 Å². The highest BCUT2D eigenvalue weighted by Gasteiger charge is 2.38. The van der Waals surface area contributed by atoms with Crippen LogP contribution in [0.3, 0.4) is 0 Å². The molecule has 1 saturated carbocycles. The van der Waals surface area contributed by atoms with Crippen molar-refractivity contribution >= 4 is 29.9 Å². The summed E-state index contributed by atoms with van der Waals surface area (Å²) in [4.78, 5) is 11.5. The first kappa shape index (κ1) is 16.3. The molecule has 0 aromatic heterocycles. The highest BCUT2D eigenvalue weighted by Crippen LogP contribution is 2.43. The van der Waals surface area contributed by atoms with E-state index in [4.69, 9.17) is 11.6 Å². The molecular formula is C14H20Cl2N2O. The Morgan fingerprint density at radius 3 is 2.42 bits per heavy atom. The average molecular weight is 303 g/mol. The molecule has 2 rings (SSSR count). The van der Waals surface area contributed by atoms with E-state index in [1.807, 2.05) is 12.1 Å². The Kier molecular flexibility index (Phi) is 6.11. The highest BCUT2D eigenvalue weighted by atomic mass is 35.5. The van der Waals surface area contributed by atoms with Gasteiger partial charge in [0.2, 0.25) is 5.91 Å². The number of hydrogen-bond donors (Lipinski definition) is 2. The maximum atomic E-state index is 11.5. The Labute approximate surface area is 125 Å². The van der Waals surface area contributed by atoms with Crippen molar-refractivity contribution in [1.29, 1.82) is 0 Å². The Morgan fingerprint density at radius 1 is 1.32 bits per heavy atom. The van der Waals surface area contributed by atoms with E-state index in [2.05, 4.69) is 22.8 Å². The van der Waals surface area contributed by atoms with Crippen LogP contribution >= 0.6 is 24.0 Å². The second kappa shape index (κ2) is 7.13. The van der Waals surface area contributed by atoms with Crippen LogP contribution in [0.25, 0.3) is 0 Å². The zero-order valence-corrected chi connectivity index (χ0v) is 12.6. The maximum Gasteiger partial charge on any atom is 0.233 e. The van der Waals surface area contributed by atoms with Gasteiger partial charge in [0.15, 0.2) is 0 Å². The van der Waals surface area contributed by atoms with Crippen molar-refractivity contribution in [2.75, 3.05) is 20.1 Å². The molecule has 1 aromatic carbocycles. The summed E-state index contributed by atoms with van der Waals surface area (Å²) in [7, 11) is 1.78. The molecule has 0 radical (unpaired) electrons. The largest absolute Gasteiger partial charge is 0.354 e. The number of carbonyl (C=O) groups excluding carboxylic acids is 1. The molecule has 0 bridgehead atoms. The minimum absolute atomic E-state index is 0. The second-order valence-electron chi connectivity index (χ2n) is 4.95. The summed E-state index contributed by atoms with van der Waals surface area (Å²) in [6, 6.07) is 8.00. The lowest BCUT2D eigenvalue weighted by Gasteiger charge is -2.42. The van der Waals surface area contributed by atoms with Gasteiger partial charge in [-0.1, -0.05) is 30.2 Å². The number of likely N-dealkylation sites (N-methyl/N-ethyl adjacent to an activating group) is 1. The van der Waals surface area contributed by atoms with Gasteiger partial charge in [0, 0.05) is 17.0 Å². The number of hydrogen-bond acceptors (Lipinski definition) is 2. The predicted octanol–water partition coefficient (Wildman–Crippen LogP) is 2.52. The van der Waals surface area contributed by atoms with Gasteiger partial charge in [0.05, 0.1) is 6.54 Å². The summed E-state index contributed by atoms with van der Waals surface area (Å²) in [5.41, 5.74) is 1.40. The molecule has 0 atom stereocenters. The van der Waals surface area contributed by atoms with Crippen LogP contribution in [0.4, 0.5) is 0 Å². The van der Waals surface area contributed by atoms with Crippen molar-refractivity contribution < 1.29 is 4.79 Å². The van der Waals surface area contributed by atoms with Crippen molar-refractivity contribution in [2.24, 2.45) is 0 Å². The molecule has 1 aliphatic rings. The van der Waals surface area contributed by atoms with E-state index >= 15 is 0 Å². The van der Waals surface area contributed by atoms with Gasteiger partial charge in [-0.15, -0.1) is 12.4 Å². The summed E-state index contributed by atoms with van der Waals surface area (Å²) >= 11 is 5.91. The Hall–Kier alpha value is -0.770. The van der Waals surface area contributed by atoms with Crippen molar-refractivity contribution in [2.45, 2.75) is 24.7 Å². The fourth-order valence-electron chi connectivity index (χ4n) is 2.47. The van der Waals surface area contributed by atoms with E-state index < -0.39 is 0 Å². The molecule has 5 heteroatoms. The first-order chi connectivity index (χ1) is 8.66. The third-order valence-corrected chi connectivity index (χ3v) is 3.98. The SMILES string of the molecule is CNCC(=O)NCC1(c2ccc(Cl)cc2)CCC1.Cl. The Morgan fingerprint density at radius 2 is 1.95 bits per heavy atom. The Balaban J connectivity index is 0.00000180. The van der Waals surface area contributed by atoms with Crippen molar-refractivity contribution in [1.82, 2.24) is 10.6 Å². The van der Waals surface area contributed by atoms with E-state index in [0.717, 1.165) is 24.4 Å². The number of carbonyl (C=O) groups is 1. The van der Waals surface area contributed by atoms with Crippen LogP contribution in [0.15, 0.2) is 24.3 Å². The molecular weight excluding hydrogens is 283 g/mol. The smallest absolute Gasteiger partial charge is 0.233 e. The van der Waals surface area contributed by atoms with Crippen LogP contribution in [-0.2, 0) is 10.2 Å². The first-order valence-electron chi connectivity index (χ1n) is 6.34. The molecule has 1 aromatic rings. The van der Waals surface area contributed by atoms with Crippen LogP contribution in [0.5, 0.6) is 0 Å². The van der Waals surface area contributed by atoms with Gasteiger partial charge in [0.25, 0.3) is 0 Å². The average Bonchev–Trinajstić information content (AvgIpc) is 2.30. The quantitative estimate of drug-likeness (QED) is 0.877. The summed E-state index contributed by atoms with van der Waals surface area (Å²) in [5.74, 6) is 0.0535. The van der Waals surface area contributed by atoms with Gasteiger partial charge >= 0.3 is 0 Å². The summed E-state index contributed by atoms with van der Waals surface area (Å²) < 4.78 is 0. The van der Waals surface area contributed by atoms with Crippen LogP contribution in [-0.4, -0.2) is 26.0 Å². The minimum Gasteiger partial charge on any atom is -0.354 e. The molecule has 0 aliphatic heterocycles. The molecule has 106 valence electrons. The highest BCUT2D eigenvalue weighted by molar-refractivity contribution is 6.30. The van der Waals surface area contributed by atoms with Crippen LogP contribution < -0.4 is 10.6 Å². The summed E-state index contributed by atoms with van der Waals surface area (Å²) in [6.45, 7) is 1.09. The van der Waals surface area contributed by atoms with Gasteiger partial charge in [-0.3, -0.25) is 4.79 Å². The molecule has 0 saturated heterocycles. The number of benzene rings is 1. The van der Waals surface area contributed by atoms with Gasteiger partial charge in [-0.2, -0.15) is 0 Å². The molecule has 19 heavy (non-hydrogen) atoms. The monoisotopic (exact) mass is 302 g/mol. The molecule has 0 unspecified atom stereocenters. The van der Waals surface area contributed by atoms with Gasteiger partial charge in [-0.05, 0) is 37.6 Å². The third kappa shape index (κ3) is 3.85. The predicted molar refractivity (Wildman–Crippen MR) is 81.2 cm³/mol. The maximum absolute atomic E-state index is 11.5. The zero-order valence-electron chi connectivity index (χ0n) is 11.0. The molecule has 0 spiro atoms. The van der Waals surface area contributed by atoms with Crippen LogP contribution in [0, 0.1) is 0 Å². The molecule has 1 fully saturated rings. The van der Waals surface area contributed by atoms with Crippen LogP contribution in [0.2, 0.25) is 5.02 Å². The van der Waals surface area contributed by atoms with E-state index in [-0.39, 0.29) is 23.7 Å². The van der Waals surface area contributed by atoms with Crippen molar-refractivity contribution in [3.05, 3.63) is 34.9 Å². The minimum atomic E-state index is 0. The standard InChI is InChI=1S/C14H19ClN2O.ClH/c1-16-9-13(18)17-10-14(7-2-8-14)11-3-5-12(15)6-4-11;/h3-6,16H,2,7-10H2,1H3,(H,17,18);1H. The fourth-order valence-corrected chi connectivity index (χ4v) is 2.59. The lowest BCUT2D eigenvalue weighted by atomic mass is 9.64. The number of amides is 1. The van der Waals surface area contributed by atoms with Gasteiger partial charge in [0.1, 0.15) is 0 Å². The van der Waals surface area contributed by atoms with E-state index in [9.17, 15) is 4.79 Å². The normalized spacial score (nSPS) is 16.1.